The molecule has 3 aromatic rings. The standard InChI is InChI=1S/C19H16F3NO4S/c1-28(25,26)11-15-14-4-2-3-5-16(14)27-17(15)18(24)23-10-12-6-8-13(9-7-12)19(20,21)22/h2-9H,10-11H2,1H3,(H,23,24). The van der Waals surface area contributed by atoms with Crippen molar-refractivity contribution in [2.24, 2.45) is 0 Å². The van der Waals surface area contributed by atoms with Crippen molar-refractivity contribution in [2.45, 2.75) is 18.5 Å². The summed E-state index contributed by atoms with van der Waals surface area (Å²) in [6.07, 6.45) is -3.38. The molecule has 5 nitrogen and oxygen atoms in total. The zero-order valence-corrected chi connectivity index (χ0v) is 15.5. The van der Waals surface area contributed by atoms with Gasteiger partial charge < -0.3 is 9.73 Å². The monoisotopic (exact) mass is 411 g/mol. The fourth-order valence-electron chi connectivity index (χ4n) is 2.76. The van der Waals surface area contributed by atoms with Gasteiger partial charge in [0.1, 0.15) is 5.58 Å². The molecule has 0 aliphatic rings. The van der Waals surface area contributed by atoms with Crippen molar-refractivity contribution in [3.63, 3.8) is 0 Å². The number of furan rings is 1. The quantitative estimate of drug-likeness (QED) is 0.690. The molecule has 0 bridgehead atoms. The molecule has 2 aromatic carbocycles. The number of carbonyl (C=O) groups is 1. The van der Waals surface area contributed by atoms with Crippen LogP contribution in [0.2, 0.25) is 0 Å². The number of sulfone groups is 1. The van der Waals surface area contributed by atoms with Gasteiger partial charge in [0.15, 0.2) is 15.6 Å². The normalized spacial score (nSPS) is 12.3. The Kier molecular flexibility index (Phi) is 5.20. The van der Waals surface area contributed by atoms with Crippen LogP contribution in [-0.4, -0.2) is 20.6 Å². The number of para-hydroxylation sites is 1. The molecule has 0 spiro atoms. The molecule has 28 heavy (non-hydrogen) atoms. The molecule has 0 saturated heterocycles. The Labute approximate surface area is 159 Å². The molecule has 0 radical (unpaired) electrons. The maximum atomic E-state index is 12.6. The van der Waals surface area contributed by atoms with E-state index >= 15 is 0 Å². The molecule has 1 aromatic heterocycles. The summed E-state index contributed by atoms with van der Waals surface area (Å²) < 4.78 is 66.8. The highest BCUT2D eigenvalue weighted by molar-refractivity contribution is 7.89. The van der Waals surface area contributed by atoms with Crippen LogP contribution in [0.5, 0.6) is 0 Å². The summed E-state index contributed by atoms with van der Waals surface area (Å²) in [6, 6.07) is 11.1. The average Bonchev–Trinajstić information content (AvgIpc) is 2.96. The summed E-state index contributed by atoms with van der Waals surface area (Å²) in [4.78, 5) is 12.5. The Balaban J connectivity index is 1.82. The highest BCUT2D eigenvalue weighted by atomic mass is 32.2. The molecular weight excluding hydrogens is 395 g/mol. The van der Waals surface area contributed by atoms with E-state index in [-0.39, 0.29) is 23.6 Å². The SMILES string of the molecule is CS(=O)(=O)Cc1c(C(=O)NCc2ccc(C(F)(F)F)cc2)oc2ccccc12. The number of carbonyl (C=O) groups excluding carboxylic acids is 1. The van der Waals surface area contributed by atoms with Crippen LogP contribution >= 0.6 is 0 Å². The van der Waals surface area contributed by atoms with Gasteiger partial charge in [0.2, 0.25) is 0 Å². The lowest BCUT2D eigenvalue weighted by atomic mass is 10.1. The lowest BCUT2D eigenvalue weighted by Crippen LogP contribution is -2.23. The lowest BCUT2D eigenvalue weighted by molar-refractivity contribution is -0.137. The van der Waals surface area contributed by atoms with E-state index in [4.69, 9.17) is 4.42 Å². The van der Waals surface area contributed by atoms with E-state index in [9.17, 15) is 26.4 Å². The molecule has 9 heteroatoms. The predicted octanol–water partition coefficient (Wildman–Crippen LogP) is 3.93. The summed E-state index contributed by atoms with van der Waals surface area (Å²) >= 11 is 0. The van der Waals surface area contributed by atoms with Gasteiger partial charge in [-0.2, -0.15) is 13.2 Å². The molecule has 0 aliphatic heterocycles. The van der Waals surface area contributed by atoms with Gasteiger partial charge >= 0.3 is 6.18 Å². The minimum atomic E-state index is -4.43. The van der Waals surface area contributed by atoms with Crippen molar-refractivity contribution in [1.82, 2.24) is 5.32 Å². The second-order valence-electron chi connectivity index (χ2n) is 6.35. The molecule has 0 saturated carbocycles. The number of amides is 1. The second-order valence-corrected chi connectivity index (χ2v) is 8.49. The number of halogens is 3. The average molecular weight is 411 g/mol. The van der Waals surface area contributed by atoms with E-state index in [2.05, 4.69) is 5.32 Å². The highest BCUT2D eigenvalue weighted by Crippen LogP contribution is 2.29. The number of hydrogen-bond donors (Lipinski definition) is 1. The van der Waals surface area contributed by atoms with Gasteiger partial charge in [-0.1, -0.05) is 30.3 Å². The van der Waals surface area contributed by atoms with Crippen molar-refractivity contribution in [3.05, 3.63) is 71.0 Å². The number of hydrogen-bond acceptors (Lipinski definition) is 4. The molecular formula is C19H16F3NO4S. The first-order valence-electron chi connectivity index (χ1n) is 8.17. The lowest BCUT2D eigenvalue weighted by Gasteiger charge is -2.08. The van der Waals surface area contributed by atoms with Crippen LogP contribution in [0.25, 0.3) is 11.0 Å². The van der Waals surface area contributed by atoms with Crippen LogP contribution in [0.1, 0.15) is 27.2 Å². The molecule has 1 N–H and O–H groups in total. The van der Waals surface area contributed by atoms with E-state index in [1.807, 2.05) is 0 Å². The third-order valence-corrected chi connectivity index (χ3v) is 4.86. The largest absolute Gasteiger partial charge is 0.451 e. The third kappa shape index (κ3) is 4.53. The van der Waals surface area contributed by atoms with E-state index in [1.165, 1.54) is 12.1 Å². The van der Waals surface area contributed by atoms with Crippen LogP contribution in [-0.2, 0) is 28.3 Å². The van der Waals surface area contributed by atoms with Crippen molar-refractivity contribution in [1.29, 1.82) is 0 Å². The first kappa shape index (κ1) is 19.9. The van der Waals surface area contributed by atoms with E-state index in [0.29, 0.717) is 16.5 Å². The zero-order valence-electron chi connectivity index (χ0n) is 14.7. The van der Waals surface area contributed by atoms with Crippen LogP contribution in [0.3, 0.4) is 0 Å². The van der Waals surface area contributed by atoms with Crippen molar-refractivity contribution < 1.29 is 30.8 Å². The number of rotatable bonds is 5. The van der Waals surface area contributed by atoms with E-state index < -0.39 is 27.5 Å². The first-order chi connectivity index (χ1) is 13.0. The minimum Gasteiger partial charge on any atom is -0.451 e. The Bertz CT molecular complexity index is 1120. The molecule has 148 valence electrons. The molecule has 1 heterocycles. The van der Waals surface area contributed by atoms with Gasteiger partial charge in [-0.15, -0.1) is 0 Å². The number of nitrogens with one attached hydrogen (secondary N) is 1. The Hall–Kier alpha value is -2.81. The van der Waals surface area contributed by atoms with Crippen LogP contribution in [0, 0.1) is 0 Å². The van der Waals surface area contributed by atoms with Gasteiger partial charge in [0.05, 0.1) is 11.3 Å². The van der Waals surface area contributed by atoms with Gasteiger partial charge in [-0.05, 0) is 23.8 Å². The van der Waals surface area contributed by atoms with Crippen LogP contribution in [0.15, 0.2) is 52.9 Å². The maximum absolute atomic E-state index is 12.6. The van der Waals surface area contributed by atoms with Crippen molar-refractivity contribution in [2.75, 3.05) is 6.26 Å². The van der Waals surface area contributed by atoms with Gasteiger partial charge in [-0.25, -0.2) is 8.42 Å². The van der Waals surface area contributed by atoms with Crippen molar-refractivity contribution >= 4 is 26.7 Å². The third-order valence-electron chi connectivity index (χ3n) is 4.05. The van der Waals surface area contributed by atoms with Gasteiger partial charge in [0.25, 0.3) is 5.91 Å². The van der Waals surface area contributed by atoms with Crippen molar-refractivity contribution in [3.8, 4) is 0 Å². The van der Waals surface area contributed by atoms with Crippen LogP contribution < -0.4 is 5.32 Å². The predicted molar refractivity (Wildman–Crippen MR) is 97.4 cm³/mol. The van der Waals surface area contributed by atoms with Crippen LogP contribution in [0.4, 0.5) is 13.2 Å². The van der Waals surface area contributed by atoms with Gasteiger partial charge in [0, 0.05) is 23.8 Å². The second kappa shape index (κ2) is 7.31. The summed E-state index contributed by atoms with van der Waals surface area (Å²) in [5.41, 5.74) is 0.307. The summed E-state index contributed by atoms with van der Waals surface area (Å²) in [5.74, 6) is -1.14. The number of fused-ring (bicyclic) bond motifs is 1. The number of alkyl halides is 3. The smallest absolute Gasteiger partial charge is 0.416 e. The Morgan fingerprint density at radius 1 is 1.07 bits per heavy atom. The van der Waals surface area contributed by atoms with E-state index in [0.717, 1.165) is 18.4 Å². The molecule has 0 aliphatic carbocycles. The maximum Gasteiger partial charge on any atom is 0.416 e. The topological polar surface area (TPSA) is 76.4 Å². The first-order valence-corrected chi connectivity index (χ1v) is 10.2. The summed E-state index contributed by atoms with van der Waals surface area (Å²) in [7, 11) is -3.43. The fraction of sp³-hybridized carbons (Fsp3) is 0.211. The summed E-state index contributed by atoms with van der Waals surface area (Å²) in [5, 5.41) is 3.07. The molecule has 3 rings (SSSR count). The summed E-state index contributed by atoms with van der Waals surface area (Å²) in [6.45, 7) is -0.0354. The minimum absolute atomic E-state index is 0.0354. The highest BCUT2D eigenvalue weighted by Gasteiger charge is 2.30. The Morgan fingerprint density at radius 2 is 1.71 bits per heavy atom. The zero-order chi connectivity index (χ0) is 20.5. The fourth-order valence-corrected chi connectivity index (χ4v) is 3.57. The molecule has 0 unspecified atom stereocenters. The Morgan fingerprint density at radius 3 is 2.32 bits per heavy atom. The molecule has 0 atom stereocenters. The molecule has 0 fully saturated rings. The van der Waals surface area contributed by atoms with Gasteiger partial charge in [-0.3, -0.25) is 4.79 Å². The number of benzene rings is 2. The van der Waals surface area contributed by atoms with E-state index in [1.54, 1.807) is 24.3 Å². The molecule has 1 amide bonds.